The predicted octanol–water partition coefficient (Wildman–Crippen LogP) is 3.09. The molecule has 0 saturated heterocycles. The summed E-state index contributed by atoms with van der Waals surface area (Å²) in [6.07, 6.45) is 3.07. The molecule has 0 N–H and O–H groups in total. The van der Waals surface area contributed by atoms with E-state index in [0.717, 1.165) is 25.0 Å². The van der Waals surface area contributed by atoms with E-state index in [1.54, 1.807) is 14.2 Å². The Kier molecular flexibility index (Phi) is 5.54. The van der Waals surface area contributed by atoms with Crippen molar-refractivity contribution in [3.05, 3.63) is 25.1 Å². The zero-order chi connectivity index (χ0) is 11.8. The Morgan fingerprint density at radius 2 is 1.81 bits per heavy atom. The molecule has 1 rings (SSSR count). The molecule has 0 aliphatic rings. The standard InChI is InChI=1S/C13H19O3/c1-4-5-6-9-16-11-7-8-12(14-2)13(10-11)15-3/h7-8,10H,1,4-6,9H2,2-3H3. The summed E-state index contributed by atoms with van der Waals surface area (Å²) in [5.74, 6) is 2.21. The van der Waals surface area contributed by atoms with E-state index in [2.05, 4.69) is 6.92 Å². The summed E-state index contributed by atoms with van der Waals surface area (Å²) in [4.78, 5) is 0. The van der Waals surface area contributed by atoms with Gasteiger partial charge in [-0.05, 0) is 18.6 Å². The van der Waals surface area contributed by atoms with Gasteiger partial charge in [0, 0.05) is 6.07 Å². The van der Waals surface area contributed by atoms with Crippen LogP contribution in [0, 0.1) is 6.92 Å². The van der Waals surface area contributed by atoms with Crippen LogP contribution in [-0.2, 0) is 0 Å². The van der Waals surface area contributed by atoms with Crippen LogP contribution >= 0.6 is 0 Å². The second-order valence-electron chi connectivity index (χ2n) is 3.43. The zero-order valence-electron chi connectivity index (χ0n) is 9.99. The first-order chi connectivity index (χ1) is 7.81. The Hall–Kier alpha value is -1.38. The van der Waals surface area contributed by atoms with Crippen molar-refractivity contribution in [2.24, 2.45) is 0 Å². The molecule has 0 amide bonds. The maximum Gasteiger partial charge on any atom is 0.164 e. The molecule has 89 valence electrons. The van der Waals surface area contributed by atoms with Gasteiger partial charge >= 0.3 is 0 Å². The molecule has 3 heteroatoms. The maximum absolute atomic E-state index is 5.59. The first-order valence-electron chi connectivity index (χ1n) is 5.46. The number of methoxy groups -OCH3 is 2. The first-order valence-corrected chi connectivity index (χ1v) is 5.46. The molecule has 0 saturated carbocycles. The normalized spacial score (nSPS) is 9.94. The Morgan fingerprint density at radius 3 is 2.44 bits per heavy atom. The monoisotopic (exact) mass is 223 g/mol. The topological polar surface area (TPSA) is 27.7 Å². The molecule has 0 fully saturated rings. The van der Waals surface area contributed by atoms with Crippen molar-refractivity contribution in [3.8, 4) is 17.2 Å². The van der Waals surface area contributed by atoms with E-state index in [9.17, 15) is 0 Å². The molecule has 0 spiro atoms. The number of rotatable bonds is 7. The average Bonchev–Trinajstić information content (AvgIpc) is 2.34. The molecule has 1 aromatic carbocycles. The van der Waals surface area contributed by atoms with E-state index in [-0.39, 0.29) is 0 Å². The molecule has 1 radical (unpaired) electrons. The highest BCUT2D eigenvalue weighted by atomic mass is 16.5. The molecule has 0 aliphatic heterocycles. The van der Waals surface area contributed by atoms with Crippen LogP contribution in [0.3, 0.4) is 0 Å². The molecule has 0 heterocycles. The predicted molar refractivity (Wildman–Crippen MR) is 64.2 cm³/mol. The fraction of sp³-hybridized carbons (Fsp3) is 0.462. The van der Waals surface area contributed by atoms with Crippen LogP contribution in [0.2, 0.25) is 0 Å². The van der Waals surface area contributed by atoms with Gasteiger partial charge in [-0.3, -0.25) is 0 Å². The molecule has 1 aromatic rings. The van der Waals surface area contributed by atoms with Gasteiger partial charge in [0.15, 0.2) is 11.5 Å². The van der Waals surface area contributed by atoms with Crippen molar-refractivity contribution in [3.63, 3.8) is 0 Å². The van der Waals surface area contributed by atoms with Crippen LogP contribution in [0.4, 0.5) is 0 Å². The number of benzene rings is 1. The van der Waals surface area contributed by atoms with Crippen molar-refractivity contribution in [2.75, 3.05) is 20.8 Å². The number of ether oxygens (including phenoxy) is 3. The number of hydrogen-bond donors (Lipinski definition) is 0. The summed E-state index contributed by atoms with van der Waals surface area (Å²) in [7, 11) is 3.23. The van der Waals surface area contributed by atoms with Gasteiger partial charge in [-0.2, -0.15) is 0 Å². The Morgan fingerprint density at radius 1 is 1.06 bits per heavy atom. The minimum Gasteiger partial charge on any atom is -0.493 e. The van der Waals surface area contributed by atoms with Gasteiger partial charge in [0.1, 0.15) is 5.75 Å². The lowest BCUT2D eigenvalue weighted by molar-refractivity contribution is 0.301. The van der Waals surface area contributed by atoms with Gasteiger partial charge < -0.3 is 14.2 Å². The molecular weight excluding hydrogens is 204 g/mol. The summed E-state index contributed by atoms with van der Waals surface area (Å²) < 4.78 is 15.9. The van der Waals surface area contributed by atoms with Crippen LogP contribution in [-0.4, -0.2) is 20.8 Å². The van der Waals surface area contributed by atoms with Crippen molar-refractivity contribution < 1.29 is 14.2 Å². The highest BCUT2D eigenvalue weighted by molar-refractivity contribution is 5.45. The van der Waals surface area contributed by atoms with Gasteiger partial charge in [0.05, 0.1) is 20.8 Å². The largest absolute Gasteiger partial charge is 0.493 e. The van der Waals surface area contributed by atoms with Crippen LogP contribution < -0.4 is 14.2 Å². The summed E-state index contributed by atoms with van der Waals surface area (Å²) in [6.45, 7) is 4.50. The van der Waals surface area contributed by atoms with E-state index in [0.29, 0.717) is 18.1 Å². The third kappa shape index (κ3) is 3.65. The van der Waals surface area contributed by atoms with Crippen molar-refractivity contribution >= 4 is 0 Å². The van der Waals surface area contributed by atoms with Gasteiger partial charge in [-0.1, -0.05) is 19.8 Å². The second kappa shape index (κ2) is 6.99. The summed E-state index contributed by atoms with van der Waals surface area (Å²) in [6, 6.07) is 5.56. The Labute approximate surface area is 97.3 Å². The quantitative estimate of drug-likeness (QED) is 0.665. The van der Waals surface area contributed by atoms with Crippen LogP contribution in [0.15, 0.2) is 18.2 Å². The van der Waals surface area contributed by atoms with E-state index < -0.39 is 0 Å². The molecule has 0 atom stereocenters. The summed E-state index contributed by atoms with van der Waals surface area (Å²) in [5, 5.41) is 0. The van der Waals surface area contributed by atoms with Crippen molar-refractivity contribution in [2.45, 2.75) is 19.3 Å². The minimum atomic E-state index is 0.692. The molecule has 0 aliphatic carbocycles. The minimum absolute atomic E-state index is 0.692. The highest BCUT2D eigenvalue weighted by Gasteiger charge is 2.04. The maximum atomic E-state index is 5.59. The Balaban J connectivity index is 2.54. The zero-order valence-corrected chi connectivity index (χ0v) is 9.99. The highest BCUT2D eigenvalue weighted by Crippen LogP contribution is 2.30. The SMILES string of the molecule is [CH2]CCCCOc1ccc(OC)c(OC)c1. The Bertz CT molecular complexity index is 310. The third-order valence-electron chi connectivity index (χ3n) is 2.27. The van der Waals surface area contributed by atoms with Gasteiger partial charge in [0.2, 0.25) is 0 Å². The van der Waals surface area contributed by atoms with Crippen LogP contribution in [0.25, 0.3) is 0 Å². The molecule has 0 bridgehead atoms. The lowest BCUT2D eigenvalue weighted by Crippen LogP contribution is -1.98. The molecule has 0 aromatic heterocycles. The lowest BCUT2D eigenvalue weighted by Gasteiger charge is -2.10. The van der Waals surface area contributed by atoms with Crippen molar-refractivity contribution in [1.29, 1.82) is 0 Å². The van der Waals surface area contributed by atoms with Gasteiger partial charge in [-0.25, -0.2) is 0 Å². The van der Waals surface area contributed by atoms with Gasteiger partial charge in [0.25, 0.3) is 0 Å². The van der Waals surface area contributed by atoms with E-state index >= 15 is 0 Å². The van der Waals surface area contributed by atoms with Gasteiger partial charge in [-0.15, -0.1) is 0 Å². The van der Waals surface area contributed by atoms with Crippen LogP contribution in [0.5, 0.6) is 17.2 Å². The summed E-state index contributed by atoms with van der Waals surface area (Å²) >= 11 is 0. The van der Waals surface area contributed by atoms with E-state index in [1.807, 2.05) is 18.2 Å². The van der Waals surface area contributed by atoms with Crippen LogP contribution in [0.1, 0.15) is 19.3 Å². The second-order valence-corrected chi connectivity index (χ2v) is 3.43. The first kappa shape index (κ1) is 12.7. The third-order valence-corrected chi connectivity index (χ3v) is 2.27. The average molecular weight is 223 g/mol. The number of unbranched alkanes of at least 4 members (excludes halogenated alkanes) is 2. The smallest absolute Gasteiger partial charge is 0.164 e. The lowest BCUT2D eigenvalue weighted by atomic mass is 10.2. The van der Waals surface area contributed by atoms with E-state index in [1.165, 1.54) is 0 Å². The molecular formula is C13H19O3. The van der Waals surface area contributed by atoms with Crippen molar-refractivity contribution in [1.82, 2.24) is 0 Å². The molecule has 16 heavy (non-hydrogen) atoms. The molecule has 0 unspecified atom stereocenters. The van der Waals surface area contributed by atoms with E-state index in [4.69, 9.17) is 14.2 Å². The molecule has 3 nitrogen and oxygen atoms in total. The fourth-order valence-corrected chi connectivity index (χ4v) is 1.38. The number of hydrogen-bond acceptors (Lipinski definition) is 3. The summed E-state index contributed by atoms with van der Waals surface area (Å²) in [5.41, 5.74) is 0. The fourth-order valence-electron chi connectivity index (χ4n) is 1.38.